The summed E-state index contributed by atoms with van der Waals surface area (Å²) in [6.07, 6.45) is 4.72. The number of halogens is 1. The molecule has 0 spiro atoms. The summed E-state index contributed by atoms with van der Waals surface area (Å²) in [4.78, 5) is 3.52. The van der Waals surface area contributed by atoms with Crippen LogP contribution in [0, 0.1) is 5.82 Å². The van der Waals surface area contributed by atoms with Crippen LogP contribution in [-0.2, 0) is 22.9 Å². The number of hydrogen-bond acceptors (Lipinski definition) is 5. The first kappa shape index (κ1) is 22.6. The molecule has 7 nitrogen and oxygen atoms in total. The predicted molar refractivity (Wildman–Crippen MR) is 123 cm³/mol. The SMILES string of the molecule is CS(=O)(=O)Nc1cc([C@H](O)CNCCOc2ccc3c4c([nH]c3c2)CCCC4)ccc1F. The Balaban J connectivity index is 1.27. The van der Waals surface area contributed by atoms with E-state index < -0.39 is 21.9 Å². The molecule has 1 atom stereocenters. The van der Waals surface area contributed by atoms with E-state index >= 15 is 0 Å². The number of rotatable bonds is 9. The molecular formula is C23H28FN3O4S. The molecule has 1 aliphatic rings. The highest BCUT2D eigenvalue weighted by atomic mass is 32.2. The molecule has 1 heterocycles. The van der Waals surface area contributed by atoms with E-state index in [0.717, 1.165) is 36.4 Å². The van der Waals surface area contributed by atoms with Crippen LogP contribution < -0.4 is 14.8 Å². The van der Waals surface area contributed by atoms with Crippen LogP contribution >= 0.6 is 0 Å². The van der Waals surface area contributed by atoms with Crippen LogP contribution in [0.1, 0.15) is 35.8 Å². The van der Waals surface area contributed by atoms with Gasteiger partial charge in [-0.15, -0.1) is 0 Å². The van der Waals surface area contributed by atoms with Crippen molar-refractivity contribution in [2.45, 2.75) is 31.8 Å². The Morgan fingerprint density at radius 2 is 2.00 bits per heavy atom. The molecule has 4 rings (SSSR count). The van der Waals surface area contributed by atoms with Crippen LogP contribution in [0.15, 0.2) is 36.4 Å². The molecule has 0 unspecified atom stereocenters. The second kappa shape index (κ2) is 9.48. The normalized spacial score (nSPS) is 14.8. The van der Waals surface area contributed by atoms with Gasteiger partial charge in [-0.25, -0.2) is 12.8 Å². The molecule has 4 N–H and O–H groups in total. The molecule has 0 amide bonds. The van der Waals surface area contributed by atoms with Crippen molar-refractivity contribution in [2.24, 2.45) is 0 Å². The number of aromatic nitrogens is 1. The van der Waals surface area contributed by atoms with Gasteiger partial charge in [0.2, 0.25) is 10.0 Å². The van der Waals surface area contributed by atoms with Gasteiger partial charge in [0.15, 0.2) is 0 Å². The predicted octanol–water partition coefficient (Wildman–Crippen LogP) is 3.26. The molecule has 172 valence electrons. The molecule has 1 aromatic heterocycles. The average molecular weight is 462 g/mol. The van der Waals surface area contributed by atoms with Crippen LogP contribution in [0.3, 0.4) is 0 Å². The molecule has 0 saturated carbocycles. The number of nitrogens with one attached hydrogen (secondary N) is 3. The summed E-state index contributed by atoms with van der Waals surface area (Å²) in [5.74, 6) is 0.0843. The number of anilines is 1. The Labute approximate surface area is 187 Å². The van der Waals surface area contributed by atoms with Gasteiger partial charge < -0.3 is 20.1 Å². The van der Waals surface area contributed by atoms with Gasteiger partial charge in [0.1, 0.15) is 18.2 Å². The van der Waals surface area contributed by atoms with Crippen LogP contribution in [0.5, 0.6) is 5.75 Å². The van der Waals surface area contributed by atoms with Crippen LogP contribution in [-0.4, -0.2) is 44.5 Å². The summed E-state index contributed by atoms with van der Waals surface area (Å²) in [6.45, 7) is 1.14. The Kier molecular flexibility index (Phi) is 6.68. The van der Waals surface area contributed by atoms with E-state index in [-0.39, 0.29) is 12.2 Å². The summed E-state index contributed by atoms with van der Waals surface area (Å²) >= 11 is 0. The average Bonchev–Trinajstić information content (AvgIpc) is 3.11. The quantitative estimate of drug-likeness (QED) is 0.366. The van der Waals surface area contributed by atoms with Crippen molar-refractivity contribution in [3.63, 3.8) is 0 Å². The minimum atomic E-state index is -3.61. The van der Waals surface area contributed by atoms with Gasteiger partial charge in [-0.05, 0) is 61.1 Å². The van der Waals surface area contributed by atoms with E-state index in [1.54, 1.807) is 0 Å². The fraction of sp³-hybridized carbons (Fsp3) is 0.391. The number of aliphatic hydroxyl groups excluding tert-OH is 1. The van der Waals surface area contributed by atoms with Gasteiger partial charge in [0, 0.05) is 35.8 Å². The molecule has 0 fully saturated rings. The van der Waals surface area contributed by atoms with Crippen molar-refractivity contribution in [3.8, 4) is 5.75 Å². The number of hydrogen-bond donors (Lipinski definition) is 4. The molecule has 0 saturated heterocycles. The smallest absolute Gasteiger partial charge is 0.229 e. The van der Waals surface area contributed by atoms with Crippen LogP contribution in [0.4, 0.5) is 10.1 Å². The van der Waals surface area contributed by atoms with Gasteiger partial charge >= 0.3 is 0 Å². The minimum Gasteiger partial charge on any atom is -0.492 e. The minimum absolute atomic E-state index is 0.186. The number of benzene rings is 2. The van der Waals surface area contributed by atoms with Crippen molar-refractivity contribution in [1.82, 2.24) is 10.3 Å². The van der Waals surface area contributed by atoms with Crippen molar-refractivity contribution in [2.75, 3.05) is 30.7 Å². The van der Waals surface area contributed by atoms with E-state index in [1.807, 2.05) is 12.1 Å². The molecule has 3 aromatic rings. The Bertz CT molecular complexity index is 1210. The first-order chi connectivity index (χ1) is 15.3. The van der Waals surface area contributed by atoms with Gasteiger partial charge in [-0.3, -0.25) is 4.72 Å². The number of aryl methyl sites for hydroxylation is 2. The highest BCUT2D eigenvalue weighted by Gasteiger charge is 2.16. The molecule has 0 aliphatic heterocycles. The molecule has 9 heteroatoms. The van der Waals surface area contributed by atoms with Crippen molar-refractivity contribution in [1.29, 1.82) is 0 Å². The lowest BCUT2D eigenvalue weighted by molar-refractivity contribution is 0.172. The summed E-state index contributed by atoms with van der Waals surface area (Å²) < 4.78 is 44.4. The van der Waals surface area contributed by atoms with E-state index in [2.05, 4.69) is 21.1 Å². The monoisotopic (exact) mass is 461 g/mol. The van der Waals surface area contributed by atoms with Crippen molar-refractivity contribution in [3.05, 3.63) is 59.0 Å². The second-order valence-corrected chi connectivity index (χ2v) is 9.93. The molecule has 0 radical (unpaired) electrons. The van der Waals surface area contributed by atoms with Crippen LogP contribution in [0.2, 0.25) is 0 Å². The number of aromatic amines is 1. The zero-order valence-corrected chi connectivity index (χ0v) is 18.8. The lowest BCUT2D eigenvalue weighted by Crippen LogP contribution is -2.26. The summed E-state index contributed by atoms with van der Waals surface area (Å²) in [6, 6.07) is 9.97. The van der Waals surface area contributed by atoms with Gasteiger partial charge in [0.25, 0.3) is 0 Å². The van der Waals surface area contributed by atoms with Gasteiger partial charge in [0.05, 0.1) is 18.0 Å². The number of H-pyrrole nitrogens is 1. The number of sulfonamides is 1. The number of aliphatic hydroxyl groups is 1. The van der Waals surface area contributed by atoms with E-state index in [4.69, 9.17) is 4.74 Å². The number of fused-ring (bicyclic) bond motifs is 3. The molecular weight excluding hydrogens is 433 g/mol. The molecule has 1 aliphatic carbocycles. The summed E-state index contributed by atoms with van der Waals surface area (Å²) in [7, 11) is -3.61. The third-order valence-corrected chi connectivity index (χ3v) is 6.22. The van der Waals surface area contributed by atoms with Crippen LogP contribution in [0.25, 0.3) is 10.9 Å². The van der Waals surface area contributed by atoms with Gasteiger partial charge in [-0.2, -0.15) is 0 Å². The highest BCUT2D eigenvalue weighted by Crippen LogP contribution is 2.31. The van der Waals surface area contributed by atoms with Crippen molar-refractivity contribution < 1.29 is 22.7 Å². The Morgan fingerprint density at radius 3 is 2.81 bits per heavy atom. The maximum Gasteiger partial charge on any atom is 0.229 e. The molecule has 2 aromatic carbocycles. The maximum absolute atomic E-state index is 13.8. The third-order valence-electron chi connectivity index (χ3n) is 5.63. The standard InChI is InChI=1S/C23H28FN3O4S/c1-32(29,30)27-22-12-15(6-9-19(22)24)23(28)14-25-10-11-31-16-7-8-18-17-4-2-3-5-20(17)26-21(18)13-16/h6-9,12-13,23,25-28H,2-5,10-11,14H2,1H3/t23-/m1/s1. The first-order valence-electron chi connectivity index (χ1n) is 10.7. The third kappa shape index (κ3) is 5.40. The topological polar surface area (TPSA) is 103 Å². The second-order valence-electron chi connectivity index (χ2n) is 8.18. The first-order valence-corrected chi connectivity index (χ1v) is 12.6. The van der Waals surface area contributed by atoms with Gasteiger partial charge in [-0.1, -0.05) is 6.07 Å². The van der Waals surface area contributed by atoms with E-state index in [0.29, 0.717) is 18.7 Å². The lowest BCUT2D eigenvalue weighted by atomic mass is 9.96. The number of ether oxygens (including phenoxy) is 1. The van der Waals surface area contributed by atoms with Crippen molar-refractivity contribution >= 4 is 26.6 Å². The fourth-order valence-corrected chi connectivity index (χ4v) is 4.66. The summed E-state index contributed by atoms with van der Waals surface area (Å²) in [5, 5.41) is 14.7. The lowest BCUT2D eigenvalue weighted by Gasteiger charge is -2.14. The molecule has 32 heavy (non-hydrogen) atoms. The zero-order chi connectivity index (χ0) is 22.7. The fourth-order valence-electron chi connectivity index (χ4n) is 4.11. The largest absolute Gasteiger partial charge is 0.492 e. The maximum atomic E-state index is 13.8. The summed E-state index contributed by atoms with van der Waals surface area (Å²) in [5.41, 5.74) is 4.10. The molecule has 0 bridgehead atoms. The van der Waals surface area contributed by atoms with E-state index in [1.165, 1.54) is 41.6 Å². The Morgan fingerprint density at radius 1 is 1.19 bits per heavy atom. The highest BCUT2D eigenvalue weighted by molar-refractivity contribution is 7.92. The zero-order valence-electron chi connectivity index (χ0n) is 17.9. The van der Waals surface area contributed by atoms with E-state index in [9.17, 15) is 17.9 Å². The Hall–Kier alpha value is -2.62.